The lowest BCUT2D eigenvalue weighted by atomic mass is 9.94. The average molecular weight is 231 g/mol. The first-order valence-electron chi connectivity index (χ1n) is 6.17. The van der Waals surface area contributed by atoms with Crippen LogP contribution in [0.3, 0.4) is 0 Å². The Hall–Kier alpha value is -1.55. The monoisotopic (exact) mass is 231 g/mol. The van der Waals surface area contributed by atoms with Gasteiger partial charge in [0.2, 0.25) is 0 Å². The van der Waals surface area contributed by atoms with Gasteiger partial charge in [-0.2, -0.15) is 0 Å². The van der Waals surface area contributed by atoms with Gasteiger partial charge in [-0.1, -0.05) is 6.07 Å². The molecule has 2 N–H and O–H groups in total. The summed E-state index contributed by atoms with van der Waals surface area (Å²) in [5.41, 5.74) is 6.82. The second kappa shape index (κ2) is 4.37. The Kier molecular flexibility index (Phi) is 2.73. The Morgan fingerprint density at radius 3 is 2.88 bits per heavy atom. The van der Waals surface area contributed by atoms with Crippen molar-refractivity contribution in [1.29, 1.82) is 0 Å². The lowest BCUT2D eigenvalue weighted by Crippen LogP contribution is -2.32. The van der Waals surface area contributed by atoms with E-state index in [1.807, 2.05) is 28.8 Å². The molecule has 1 aliphatic carbocycles. The lowest BCUT2D eigenvalue weighted by Gasteiger charge is -2.26. The number of pyridine rings is 1. The molecule has 1 fully saturated rings. The number of rotatable bonds is 2. The topological polar surface area (TPSA) is 52.5 Å². The normalized spacial score (nSPS) is 25.0. The Bertz CT molecular complexity index is 500. The van der Waals surface area contributed by atoms with E-state index in [1.54, 1.807) is 6.20 Å². The number of imidazole rings is 1. The summed E-state index contributed by atoms with van der Waals surface area (Å²) >= 11 is 0. The number of hydrogen-bond donors (Lipinski definition) is 1. The van der Waals surface area contributed by atoms with E-state index in [9.17, 15) is 0 Å². The van der Waals surface area contributed by atoms with Crippen molar-refractivity contribution in [2.24, 2.45) is 5.73 Å². The van der Waals surface area contributed by atoms with Gasteiger partial charge in [0.1, 0.15) is 11.8 Å². The molecule has 0 spiro atoms. The van der Waals surface area contributed by atoms with Crippen molar-refractivity contribution in [2.45, 2.75) is 37.8 Å². The fraction of sp³-hybridized carbons (Fsp3) is 0.462. The maximum absolute atomic E-state index is 6.04. The molecule has 2 aromatic heterocycles. The van der Waals surface area contributed by atoms with Crippen molar-refractivity contribution < 1.29 is 4.74 Å². The minimum Gasteiger partial charge on any atom is -0.475 e. The van der Waals surface area contributed by atoms with Gasteiger partial charge in [0.15, 0.2) is 5.88 Å². The predicted molar refractivity (Wildman–Crippen MR) is 66.1 cm³/mol. The van der Waals surface area contributed by atoms with Gasteiger partial charge in [0.05, 0.1) is 0 Å². The van der Waals surface area contributed by atoms with Crippen LogP contribution in [0.4, 0.5) is 0 Å². The Balaban J connectivity index is 1.78. The maximum Gasteiger partial charge on any atom is 0.199 e. The summed E-state index contributed by atoms with van der Waals surface area (Å²) in [6, 6.07) is 6.30. The molecule has 1 saturated carbocycles. The van der Waals surface area contributed by atoms with Crippen LogP contribution in [0.5, 0.6) is 5.88 Å². The number of aromatic nitrogens is 2. The molecule has 2 heterocycles. The highest BCUT2D eigenvalue weighted by Gasteiger charge is 2.20. The fourth-order valence-electron chi connectivity index (χ4n) is 2.39. The van der Waals surface area contributed by atoms with Crippen molar-refractivity contribution in [3.05, 3.63) is 30.6 Å². The largest absolute Gasteiger partial charge is 0.475 e. The van der Waals surface area contributed by atoms with Gasteiger partial charge in [-0.15, -0.1) is 0 Å². The molecule has 0 aromatic carbocycles. The minimum absolute atomic E-state index is 0.294. The zero-order valence-electron chi connectivity index (χ0n) is 9.75. The zero-order valence-corrected chi connectivity index (χ0v) is 9.75. The summed E-state index contributed by atoms with van der Waals surface area (Å²) in [6.45, 7) is 0. The SMILES string of the molecule is NC1CCC(Oc2cccc3nccn23)CC1. The molecule has 0 saturated heterocycles. The van der Waals surface area contributed by atoms with Crippen molar-refractivity contribution in [3.63, 3.8) is 0 Å². The van der Waals surface area contributed by atoms with E-state index in [4.69, 9.17) is 10.5 Å². The first-order valence-corrected chi connectivity index (χ1v) is 6.17. The number of nitrogens with zero attached hydrogens (tertiary/aromatic N) is 2. The van der Waals surface area contributed by atoms with Gasteiger partial charge < -0.3 is 10.5 Å². The first-order chi connectivity index (χ1) is 8.33. The molecule has 1 aliphatic rings. The van der Waals surface area contributed by atoms with Gasteiger partial charge >= 0.3 is 0 Å². The fourth-order valence-corrected chi connectivity index (χ4v) is 2.39. The third-order valence-electron chi connectivity index (χ3n) is 3.40. The summed E-state index contributed by atoms with van der Waals surface area (Å²) < 4.78 is 8.02. The average Bonchev–Trinajstić information content (AvgIpc) is 2.81. The molecule has 4 nitrogen and oxygen atoms in total. The van der Waals surface area contributed by atoms with Crippen LogP contribution in [0.15, 0.2) is 30.6 Å². The quantitative estimate of drug-likeness (QED) is 0.859. The van der Waals surface area contributed by atoms with E-state index < -0.39 is 0 Å². The maximum atomic E-state index is 6.04. The van der Waals surface area contributed by atoms with Crippen molar-refractivity contribution in [3.8, 4) is 5.88 Å². The highest BCUT2D eigenvalue weighted by molar-refractivity contribution is 5.41. The number of nitrogens with two attached hydrogens (primary N) is 1. The van der Waals surface area contributed by atoms with Crippen molar-refractivity contribution in [1.82, 2.24) is 9.38 Å². The molecule has 4 heteroatoms. The minimum atomic E-state index is 0.294. The Labute approximate surface area is 100 Å². The van der Waals surface area contributed by atoms with Crippen molar-refractivity contribution >= 4 is 5.65 Å². The van der Waals surface area contributed by atoms with E-state index in [2.05, 4.69) is 4.98 Å². The van der Waals surface area contributed by atoms with Crippen molar-refractivity contribution in [2.75, 3.05) is 0 Å². The van der Waals surface area contributed by atoms with Gasteiger partial charge in [-0.3, -0.25) is 4.40 Å². The second-order valence-corrected chi connectivity index (χ2v) is 4.67. The van der Waals surface area contributed by atoms with Gasteiger partial charge in [0.25, 0.3) is 0 Å². The molecule has 0 amide bonds. The molecule has 0 unspecified atom stereocenters. The van der Waals surface area contributed by atoms with Gasteiger partial charge in [0, 0.05) is 18.4 Å². The van der Waals surface area contributed by atoms with Gasteiger partial charge in [-0.05, 0) is 37.8 Å². The smallest absolute Gasteiger partial charge is 0.199 e. The highest BCUT2D eigenvalue weighted by atomic mass is 16.5. The summed E-state index contributed by atoms with van der Waals surface area (Å²) in [5, 5.41) is 0. The molecular formula is C13H17N3O. The van der Waals surface area contributed by atoms with Crippen LogP contribution >= 0.6 is 0 Å². The predicted octanol–water partition coefficient (Wildman–Crippen LogP) is 1.98. The van der Waals surface area contributed by atoms with Crippen LogP contribution in [0, 0.1) is 0 Å². The molecule has 3 rings (SSSR count). The van der Waals surface area contributed by atoms with Crippen LogP contribution in [-0.2, 0) is 0 Å². The number of hydrogen-bond acceptors (Lipinski definition) is 3. The molecule has 2 aromatic rings. The highest BCUT2D eigenvalue weighted by Crippen LogP contribution is 2.23. The van der Waals surface area contributed by atoms with Crippen LogP contribution in [0.1, 0.15) is 25.7 Å². The van der Waals surface area contributed by atoms with E-state index in [0.29, 0.717) is 12.1 Å². The van der Waals surface area contributed by atoms with Crippen LogP contribution < -0.4 is 10.5 Å². The van der Waals surface area contributed by atoms with Crippen LogP contribution in [-0.4, -0.2) is 21.5 Å². The Morgan fingerprint density at radius 1 is 1.24 bits per heavy atom. The summed E-state index contributed by atoms with van der Waals surface area (Å²) in [6.07, 6.45) is 8.23. The summed E-state index contributed by atoms with van der Waals surface area (Å²) in [4.78, 5) is 4.25. The van der Waals surface area contributed by atoms with E-state index >= 15 is 0 Å². The molecule has 0 atom stereocenters. The number of ether oxygens (including phenoxy) is 1. The van der Waals surface area contributed by atoms with Crippen LogP contribution in [0.2, 0.25) is 0 Å². The third-order valence-corrected chi connectivity index (χ3v) is 3.40. The lowest BCUT2D eigenvalue weighted by molar-refractivity contribution is 0.139. The van der Waals surface area contributed by atoms with E-state index in [0.717, 1.165) is 37.2 Å². The van der Waals surface area contributed by atoms with E-state index in [1.165, 1.54) is 0 Å². The summed E-state index contributed by atoms with van der Waals surface area (Å²) in [7, 11) is 0. The molecule has 0 bridgehead atoms. The number of fused-ring (bicyclic) bond motifs is 1. The molecular weight excluding hydrogens is 214 g/mol. The molecule has 0 radical (unpaired) electrons. The van der Waals surface area contributed by atoms with E-state index in [-0.39, 0.29) is 0 Å². The van der Waals surface area contributed by atoms with Crippen LogP contribution in [0.25, 0.3) is 5.65 Å². The van der Waals surface area contributed by atoms with Gasteiger partial charge in [-0.25, -0.2) is 4.98 Å². The molecule has 0 aliphatic heterocycles. The molecule has 17 heavy (non-hydrogen) atoms. The standard InChI is InChI=1S/C13H17N3O/c14-10-4-6-11(7-5-10)17-13-3-1-2-12-15-8-9-16(12)13/h1-3,8-11H,4-7,14H2. The second-order valence-electron chi connectivity index (χ2n) is 4.67. The zero-order chi connectivity index (χ0) is 11.7. The molecule has 90 valence electrons. The first kappa shape index (κ1) is 10.6. The Morgan fingerprint density at radius 2 is 2.06 bits per heavy atom. The third kappa shape index (κ3) is 2.13. The summed E-state index contributed by atoms with van der Waals surface area (Å²) in [5.74, 6) is 0.875.